The SMILES string of the molecule is N#Cc1cccc(C(=O)N(CCCl)C2CC2)c1. The van der Waals surface area contributed by atoms with E-state index in [1.165, 1.54) is 0 Å². The van der Waals surface area contributed by atoms with E-state index in [0.29, 0.717) is 29.6 Å². The maximum atomic E-state index is 12.2. The highest BCUT2D eigenvalue weighted by atomic mass is 35.5. The maximum Gasteiger partial charge on any atom is 0.254 e. The topological polar surface area (TPSA) is 44.1 Å². The van der Waals surface area contributed by atoms with Gasteiger partial charge in [-0.25, -0.2) is 0 Å². The molecule has 1 saturated carbocycles. The largest absolute Gasteiger partial charge is 0.334 e. The molecular formula is C13H13ClN2O. The summed E-state index contributed by atoms with van der Waals surface area (Å²) in [5.41, 5.74) is 1.08. The van der Waals surface area contributed by atoms with Crippen molar-refractivity contribution in [2.24, 2.45) is 0 Å². The van der Waals surface area contributed by atoms with E-state index >= 15 is 0 Å². The predicted molar refractivity (Wildman–Crippen MR) is 65.9 cm³/mol. The Balaban J connectivity index is 2.19. The summed E-state index contributed by atoms with van der Waals surface area (Å²) in [7, 11) is 0. The van der Waals surface area contributed by atoms with Gasteiger partial charge in [0.2, 0.25) is 0 Å². The van der Waals surface area contributed by atoms with Crippen molar-refractivity contribution in [2.75, 3.05) is 12.4 Å². The van der Waals surface area contributed by atoms with Crippen LogP contribution in [0.15, 0.2) is 24.3 Å². The third-order valence-corrected chi connectivity index (χ3v) is 2.98. The molecule has 88 valence electrons. The molecule has 2 rings (SSSR count). The Kier molecular flexibility index (Phi) is 3.65. The Morgan fingerprint density at radius 2 is 2.29 bits per heavy atom. The zero-order valence-electron chi connectivity index (χ0n) is 9.40. The number of halogens is 1. The molecule has 1 aromatic rings. The van der Waals surface area contributed by atoms with Gasteiger partial charge in [-0.1, -0.05) is 6.07 Å². The summed E-state index contributed by atoms with van der Waals surface area (Å²) < 4.78 is 0. The molecule has 1 fully saturated rings. The predicted octanol–water partition coefficient (Wildman–Crippen LogP) is 2.40. The van der Waals surface area contributed by atoms with Crippen LogP contribution < -0.4 is 0 Å². The van der Waals surface area contributed by atoms with E-state index in [-0.39, 0.29) is 5.91 Å². The standard InChI is InChI=1S/C13H13ClN2O/c14-6-7-16(12-4-5-12)13(17)11-3-1-2-10(8-11)9-15/h1-3,8,12H,4-7H2. The van der Waals surface area contributed by atoms with Gasteiger partial charge in [0.25, 0.3) is 5.91 Å². The van der Waals surface area contributed by atoms with Crippen molar-refractivity contribution in [3.63, 3.8) is 0 Å². The van der Waals surface area contributed by atoms with Gasteiger partial charge in [0.05, 0.1) is 11.6 Å². The number of carbonyl (C=O) groups excluding carboxylic acids is 1. The number of rotatable bonds is 4. The van der Waals surface area contributed by atoms with Crippen LogP contribution in [0.25, 0.3) is 0 Å². The molecule has 1 aromatic carbocycles. The normalized spacial score (nSPS) is 14.1. The van der Waals surface area contributed by atoms with Gasteiger partial charge < -0.3 is 4.90 Å². The molecule has 0 heterocycles. The molecule has 0 aliphatic heterocycles. The smallest absolute Gasteiger partial charge is 0.254 e. The molecule has 0 radical (unpaired) electrons. The molecule has 3 nitrogen and oxygen atoms in total. The van der Waals surface area contributed by atoms with Gasteiger partial charge in [-0.15, -0.1) is 11.6 Å². The minimum atomic E-state index is -0.0229. The first kappa shape index (κ1) is 11.9. The average Bonchev–Trinajstić information content (AvgIpc) is 3.19. The molecule has 0 bridgehead atoms. The number of nitrogens with zero attached hydrogens (tertiary/aromatic N) is 2. The first-order valence-corrected chi connectivity index (χ1v) is 6.17. The Hall–Kier alpha value is -1.53. The molecule has 0 atom stereocenters. The van der Waals surface area contributed by atoms with E-state index in [2.05, 4.69) is 0 Å². The highest BCUT2D eigenvalue weighted by molar-refractivity contribution is 6.18. The Bertz CT molecular complexity index is 463. The van der Waals surface area contributed by atoms with Crippen LogP contribution in [0, 0.1) is 11.3 Å². The lowest BCUT2D eigenvalue weighted by molar-refractivity contribution is 0.0753. The van der Waals surface area contributed by atoms with Gasteiger partial charge in [-0.05, 0) is 31.0 Å². The molecule has 0 N–H and O–H groups in total. The van der Waals surface area contributed by atoms with Crippen LogP contribution in [-0.2, 0) is 0 Å². The van der Waals surface area contributed by atoms with Crippen molar-refractivity contribution in [3.05, 3.63) is 35.4 Å². The van der Waals surface area contributed by atoms with Crippen LogP contribution >= 0.6 is 11.6 Å². The molecule has 1 aliphatic rings. The number of benzene rings is 1. The second kappa shape index (κ2) is 5.20. The second-order valence-electron chi connectivity index (χ2n) is 4.11. The van der Waals surface area contributed by atoms with Crippen molar-refractivity contribution in [2.45, 2.75) is 18.9 Å². The lowest BCUT2D eigenvalue weighted by Gasteiger charge is -2.21. The number of hydrogen-bond acceptors (Lipinski definition) is 2. The van der Waals surface area contributed by atoms with E-state index < -0.39 is 0 Å². The fourth-order valence-electron chi connectivity index (χ4n) is 1.81. The minimum Gasteiger partial charge on any atom is -0.334 e. The van der Waals surface area contributed by atoms with Gasteiger partial charge in [-0.2, -0.15) is 5.26 Å². The zero-order chi connectivity index (χ0) is 12.3. The number of amides is 1. The molecule has 17 heavy (non-hydrogen) atoms. The van der Waals surface area contributed by atoms with Gasteiger partial charge >= 0.3 is 0 Å². The number of carbonyl (C=O) groups is 1. The third kappa shape index (κ3) is 2.78. The summed E-state index contributed by atoms with van der Waals surface area (Å²) in [5, 5.41) is 8.81. The van der Waals surface area contributed by atoms with Crippen molar-refractivity contribution >= 4 is 17.5 Å². The van der Waals surface area contributed by atoms with Gasteiger partial charge in [0, 0.05) is 24.0 Å². The first-order chi connectivity index (χ1) is 8.26. The van der Waals surface area contributed by atoms with Crippen molar-refractivity contribution in [3.8, 4) is 6.07 Å². The van der Waals surface area contributed by atoms with Crippen LogP contribution in [0.1, 0.15) is 28.8 Å². The highest BCUT2D eigenvalue weighted by Gasteiger charge is 2.32. The maximum absolute atomic E-state index is 12.2. The summed E-state index contributed by atoms with van der Waals surface area (Å²) in [5.74, 6) is 0.422. The van der Waals surface area contributed by atoms with Gasteiger partial charge in [0.15, 0.2) is 0 Å². The number of hydrogen-bond donors (Lipinski definition) is 0. The molecule has 0 aromatic heterocycles. The van der Waals surface area contributed by atoms with E-state index in [0.717, 1.165) is 12.8 Å². The van der Waals surface area contributed by atoms with E-state index in [4.69, 9.17) is 16.9 Å². The summed E-state index contributed by atoms with van der Waals surface area (Å²) in [4.78, 5) is 14.1. The monoisotopic (exact) mass is 248 g/mol. The Morgan fingerprint density at radius 1 is 1.53 bits per heavy atom. The fourth-order valence-corrected chi connectivity index (χ4v) is 2.00. The van der Waals surface area contributed by atoms with Crippen LogP contribution in [0.2, 0.25) is 0 Å². The molecule has 0 saturated heterocycles. The molecule has 0 unspecified atom stereocenters. The third-order valence-electron chi connectivity index (χ3n) is 2.81. The lowest BCUT2D eigenvalue weighted by atomic mass is 10.1. The van der Waals surface area contributed by atoms with Gasteiger partial charge in [-0.3, -0.25) is 4.79 Å². The molecule has 1 aliphatic carbocycles. The van der Waals surface area contributed by atoms with Crippen molar-refractivity contribution in [1.29, 1.82) is 5.26 Å². The molecular weight excluding hydrogens is 236 g/mol. The molecule has 4 heteroatoms. The highest BCUT2D eigenvalue weighted by Crippen LogP contribution is 2.28. The number of alkyl halides is 1. The summed E-state index contributed by atoms with van der Waals surface area (Å²) >= 11 is 5.71. The Labute approximate surface area is 106 Å². The quantitative estimate of drug-likeness (QED) is 0.768. The summed E-state index contributed by atoms with van der Waals surface area (Å²) in [6.45, 7) is 0.571. The van der Waals surface area contributed by atoms with Crippen LogP contribution in [0.4, 0.5) is 0 Å². The van der Waals surface area contributed by atoms with Crippen LogP contribution in [0.3, 0.4) is 0 Å². The zero-order valence-corrected chi connectivity index (χ0v) is 10.2. The average molecular weight is 249 g/mol. The molecule has 0 spiro atoms. The van der Waals surface area contributed by atoms with Crippen LogP contribution in [-0.4, -0.2) is 29.3 Å². The molecule has 1 amide bonds. The van der Waals surface area contributed by atoms with E-state index in [9.17, 15) is 4.79 Å². The van der Waals surface area contributed by atoms with Crippen molar-refractivity contribution in [1.82, 2.24) is 4.90 Å². The second-order valence-corrected chi connectivity index (χ2v) is 4.49. The minimum absolute atomic E-state index is 0.0229. The fraction of sp³-hybridized carbons (Fsp3) is 0.385. The van der Waals surface area contributed by atoms with E-state index in [1.807, 2.05) is 11.0 Å². The first-order valence-electron chi connectivity index (χ1n) is 5.63. The van der Waals surface area contributed by atoms with Crippen LogP contribution in [0.5, 0.6) is 0 Å². The summed E-state index contributed by atoms with van der Waals surface area (Å²) in [6.07, 6.45) is 2.11. The number of nitriles is 1. The lowest BCUT2D eigenvalue weighted by Crippen LogP contribution is -2.34. The van der Waals surface area contributed by atoms with E-state index in [1.54, 1.807) is 24.3 Å². The summed E-state index contributed by atoms with van der Waals surface area (Å²) in [6, 6.07) is 9.18. The van der Waals surface area contributed by atoms with Gasteiger partial charge in [0.1, 0.15) is 0 Å². The van der Waals surface area contributed by atoms with Crippen molar-refractivity contribution < 1.29 is 4.79 Å². The Morgan fingerprint density at radius 3 is 2.88 bits per heavy atom.